The number of thiazole rings is 1. The van der Waals surface area contributed by atoms with Crippen LogP contribution in [-0.4, -0.2) is 26.0 Å². The predicted molar refractivity (Wildman–Crippen MR) is 78.3 cm³/mol. The molecule has 0 saturated heterocycles. The molecular weight excluding hydrogens is 272 g/mol. The van der Waals surface area contributed by atoms with Crippen LogP contribution in [0, 0.1) is 11.3 Å². The lowest BCUT2D eigenvalue weighted by Gasteiger charge is -2.05. The van der Waals surface area contributed by atoms with Crippen LogP contribution in [0.5, 0.6) is 0 Å². The highest BCUT2D eigenvalue weighted by Crippen LogP contribution is 2.31. The number of nitrogens with one attached hydrogen (secondary N) is 2. The Hall–Kier alpha value is -2.46. The number of rotatable bonds is 4. The first-order valence-electron chi connectivity index (χ1n) is 6.22. The van der Waals surface area contributed by atoms with Crippen LogP contribution in [-0.2, 0) is 0 Å². The van der Waals surface area contributed by atoms with Crippen molar-refractivity contribution in [1.82, 2.24) is 19.9 Å². The number of hydrogen-bond donors (Lipinski definition) is 2. The van der Waals surface area contributed by atoms with Crippen LogP contribution in [0.1, 0.15) is 13.3 Å². The highest BCUT2D eigenvalue weighted by molar-refractivity contribution is 7.18. The van der Waals surface area contributed by atoms with Gasteiger partial charge in [-0.3, -0.25) is 0 Å². The average Bonchev–Trinajstić information content (AvgIpc) is 3.13. The monoisotopic (exact) mass is 284 g/mol. The summed E-state index contributed by atoms with van der Waals surface area (Å²) < 4.78 is 0. The number of nitriles is 1. The molecule has 2 N–H and O–H groups in total. The molecule has 0 amide bonds. The molecule has 0 spiro atoms. The Morgan fingerprint density at radius 2 is 2.35 bits per heavy atom. The highest BCUT2D eigenvalue weighted by atomic mass is 32.1. The van der Waals surface area contributed by atoms with Crippen LogP contribution in [0.2, 0.25) is 0 Å². The van der Waals surface area contributed by atoms with Crippen molar-refractivity contribution in [2.75, 3.05) is 5.32 Å². The van der Waals surface area contributed by atoms with Crippen LogP contribution in [0.15, 0.2) is 24.8 Å². The Kier molecular flexibility index (Phi) is 3.31. The summed E-state index contributed by atoms with van der Waals surface area (Å²) in [5.41, 5.74) is 1.66. The lowest BCUT2D eigenvalue weighted by atomic mass is 10.2. The zero-order valence-electron chi connectivity index (χ0n) is 10.8. The first-order chi connectivity index (χ1) is 9.81. The van der Waals surface area contributed by atoms with Gasteiger partial charge in [-0.25, -0.2) is 15.0 Å². The first kappa shape index (κ1) is 12.6. The third-order valence-corrected chi connectivity index (χ3v) is 3.89. The van der Waals surface area contributed by atoms with E-state index in [4.69, 9.17) is 5.26 Å². The lowest BCUT2D eigenvalue weighted by Crippen LogP contribution is -2.15. The number of H-pyrrole nitrogens is 1. The minimum atomic E-state index is -0.216. The van der Waals surface area contributed by atoms with Crippen LogP contribution in [0.3, 0.4) is 0 Å². The number of nitrogens with zero attached hydrogens (tertiary/aromatic N) is 4. The van der Waals surface area contributed by atoms with E-state index >= 15 is 0 Å². The van der Waals surface area contributed by atoms with E-state index in [0.717, 1.165) is 33.2 Å². The summed E-state index contributed by atoms with van der Waals surface area (Å²) in [5.74, 6) is 0. The zero-order chi connectivity index (χ0) is 13.9. The zero-order valence-corrected chi connectivity index (χ0v) is 11.6. The minimum Gasteiger partial charge on any atom is -0.346 e. The second-order valence-corrected chi connectivity index (χ2v) is 5.26. The van der Waals surface area contributed by atoms with Gasteiger partial charge in [0.15, 0.2) is 5.13 Å². The summed E-state index contributed by atoms with van der Waals surface area (Å²) >= 11 is 1.49. The van der Waals surface area contributed by atoms with E-state index in [-0.39, 0.29) is 6.04 Å². The molecule has 0 radical (unpaired) electrons. The predicted octanol–water partition coefficient (Wildman–Crippen LogP) is 2.80. The third-order valence-electron chi connectivity index (χ3n) is 2.95. The van der Waals surface area contributed by atoms with Crippen molar-refractivity contribution < 1.29 is 0 Å². The molecule has 0 fully saturated rings. The maximum absolute atomic E-state index is 8.96. The van der Waals surface area contributed by atoms with E-state index in [1.54, 1.807) is 6.20 Å². The number of aromatic amines is 1. The quantitative estimate of drug-likeness (QED) is 0.768. The Morgan fingerprint density at radius 3 is 3.15 bits per heavy atom. The summed E-state index contributed by atoms with van der Waals surface area (Å²) in [5, 5.41) is 13.8. The maximum Gasteiger partial charge on any atom is 0.184 e. The molecule has 7 heteroatoms. The molecule has 3 aromatic rings. The Morgan fingerprint density at radius 1 is 1.45 bits per heavy atom. The van der Waals surface area contributed by atoms with Gasteiger partial charge in [-0.15, -0.1) is 0 Å². The summed E-state index contributed by atoms with van der Waals surface area (Å²) in [6, 6.07) is 3.93. The van der Waals surface area contributed by atoms with Crippen molar-refractivity contribution in [3.05, 3.63) is 24.8 Å². The molecule has 100 valence electrons. The normalized spacial score (nSPS) is 12.2. The second kappa shape index (κ2) is 5.27. The van der Waals surface area contributed by atoms with Crippen molar-refractivity contribution in [1.29, 1.82) is 5.26 Å². The molecule has 0 aliphatic heterocycles. The molecule has 0 bridgehead atoms. The molecule has 6 nitrogen and oxygen atoms in total. The topological polar surface area (TPSA) is 90.3 Å². The third kappa shape index (κ3) is 2.21. The fourth-order valence-electron chi connectivity index (χ4n) is 1.89. The van der Waals surface area contributed by atoms with Gasteiger partial charge in [0.05, 0.1) is 16.6 Å². The van der Waals surface area contributed by atoms with Gasteiger partial charge in [0, 0.05) is 17.8 Å². The molecule has 1 unspecified atom stereocenters. The van der Waals surface area contributed by atoms with Crippen molar-refractivity contribution >= 4 is 27.5 Å². The van der Waals surface area contributed by atoms with E-state index in [1.165, 1.54) is 17.7 Å². The van der Waals surface area contributed by atoms with Crippen molar-refractivity contribution in [3.63, 3.8) is 0 Å². The van der Waals surface area contributed by atoms with E-state index in [2.05, 4.69) is 31.3 Å². The van der Waals surface area contributed by atoms with Gasteiger partial charge >= 0.3 is 0 Å². The highest BCUT2D eigenvalue weighted by Gasteiger charge is 2.12. The molecule has 3 rings (SSSR count). The van der Waals surface area contributed by atoms with E-state index in [0.29, 0.717) is 0 Å². The molecule has 0 aliphatic carbocycles. The first-order valence-corrected chi connectivity index (χ1v) is 7.04. The number of hydrogen-bond acceptors (Lipinski definition) is 6. The van der Waals surface area contributed by atoms with Crippen molar-refractivity contribution in [2.45, 2.75) is 19.4 Å². The van der Waals surface area contributed by atoms with Gasteiger partial charge < -0.3 is 10.3 Å². The second-order valence-electron chi connectivity index (χ2n) is 4.23. The lowest BCUT2D eigenvalue weighted by molar-refractivity contribution is 0.843. The van der Waals surface area contributed by atoms with Crippen LogP contribution >= 0.6 is 11.3 Å². The molecule has 0 aromatic carbocycles. The van der Waals surface area contributed by atoms with Crippen LogP contribution in [0.25, 0.3) is 21.6 Å². The Balaban J connectivity index is 1.94. The molecular formula is C13H12N6S. The molecule has 3 heterocycles. The van der Waals surface area contributed by atoms with Gasteiger partial charge in [0.2, 0.25) is 0 Å². The number of anilines is 1. The minimum absolute atomic E-state index is 0.216. The SMILES string of the molecule is CCC(C#N)Nc1ncc(-c2ncnc3[nH]ccc23)s1. The van der Waals surface area contributed by atoms with E-state index in [9.17, 15) is 0 Å². The molecule has 0 aliphatic rings. The van der Waals surface area contributed by atoms with Gasteiger partial charge in [-0.05, 0) is 12.5 Å². The fraction of sp³-hybridized carbons (Fsp3) is 0.231. The maximum atomic E-state index is 8.96. The standard InChI is InChI=1S/C13H12N6S/c1-2-8(5-14)19-13-16-6-10(20-13)11-9-3-4-15-12(9)18-7-17-11/h3-4,6-8H,2H2,1H3,(H,16,19)(H,15,17,18). The number of fused-ring (bicyclic) bond motifs is 1. The van der Waals surface area contributed by atoms with Gasteiger partial charge in [-0.1, -0.05) is 18.3 Å². The number of aromatic nitrogens is 4. The smallest absolute Gasteiger partial charge is 0.184 e. The molecule has 0 saturated carbocycles. The van der Waals surface area contributed by atoms with Crippen LogP contribution < -0.4 is 5.32 Å². The average molecular weight is 284 g/mol. The van der Waals surface area contributed by atoms with Gasteiger partial charge in [0.1, 0.15) is 18.0 Å². The summed E-state index contributed by atoms with van der Waals surface area (Å²) in [7, 11) is 0. The molecule has 20 heavy (non-hydrogen) atoms. The van der Waals surface area contributed by atoms with Crippen molar-refractivity contribution in [3.8, 4) is 16.6 Å². The fourth-order valence-corrected chi connectivity index (χ4v) is 2.77. The molecule has 1 atom stereocenters. The molecule has 3 aromatic heterocycles. The van der Waals surface area contributed by atoms with Gasteiger partial charge in [-0.2, -0.15) is 5.26 Å². The summed E-state index contributed by atoms with van der Waals surface area (Å²) in [4.78, 5) is 16.8. The van der Waals surface area contributed by atoms with Crippen molar-refractivity contribution in [2.24, 2.45) is 0 Å². The van der Waals surface area contributed by atoms with E-state index < -0.39 is 0 Å². The van der Waals surface area contributed by atoms with E-state index in [1.807, 2.05) is 19.2 Å². The van der Waals surface area contributed by atoms with Crippen LogP contribution in [0.4, 0.5) is 5.13 Å². The summed E-state index contributed by atoms with van der Waals surface area (Å²) in [6.07, 6.45) is 5.88. The Bertz CT molecular complexity index is 768. The summed E-state index contributed by atoms with van der Waals surface area (Å²) in [6.45, 7) is 1.96. The van der Waals surface area contributed by atoms with Gasteiger partial charge in [0.25, 0.3) is 0 Å². The largest absolute Gasteiger partial charge is 0.346 e. The Labute approximate surface area is 119 Å².